The Morgan fingerprint density at radius 2 is 1.82 bits per heavy atom. The van der Waals surface area contributed by atoms with Gasteiger partial charge in [0, 0.05) is 5.69 Å². The summed E-state index contributed by atoms with van der Waals surface area (Å²) in [5, 5.41) is 13.1. The number of hydrogen-bond donors (Lipinski definition) is 4. The van der Waals surface area contributed by atoms with Crippen LogP contribution in [0.25, 0.3) is 0 Å². The number of benzene rings is 2. The number of anilines is 2. The maximum Gasteiger partial charge on any atom is 0.411 e. The number of nitrogens with two attached hydrogens (primary N) is 1. The molecule has 2 aromatic rings. The van der Waals surface area contributed by atoms with Gasteiger partial charge in [-0.1, -0.05) is 30.3 Å². The van der Waals surface area contributed by atoms with Crippen LogP contribution in [-0.4, -0.2) is 35.7 Å². The van der Waals surface area contributed by atoms with Crippen molar-refractivity contribution >= 4 is 29.3 Å². The minimum absolute atomic E-state index is 0.174. The lowest BCUT2D eigenvalue weighted by atomic mass is 10.1. The van der Waals surface area contributed by atoms with Gasteiger partial charge in [-0.15, -0.1) is 0 Å². The Labute approximate surface area is 160 Å². The van der Waals surface area contributed by atoms with Gasteiger partial charge in [0.25, 0.3) is 0 Å². The molecule has 2 aromatic carbocycles. The first-order valence-electron chi connectivity index (χ1n) is 8.40. The topological polar surface area (TPSA) is 131 Å². The second-order valence-electron chi connectivity index (χ2n) is 5.88. The predicted molar refractivity (Wildman–Crippen MR) is 100 cm³/mol. The summed E-state index contributed by atoms with van der Waals surface area (Å²) in [6, 6.07) is 12.1. The lowest BCUT2D eigenvalue weighted by Crippen LogP contribution is -2.37. The molecule has 1 atom stereocenters. The van der Waals surface area contributed by atoms with Gasteiger partial charge in [-0.05, 0) is 30.2 Å². The molecule has 1 unspecified atom stereocenters. The van der Waals surface area contributed by atoms with Crippen molar-refractivity contribution in [1.82, 2.24) is 0 Å². The van der Waals surface area contributed by atoms with Crippen molar-refractivity contribution in [3.05, 3.63) is 59.9 Å². The lowest BCUT2D eigenvalue weighted by molar-refractivity contribution is -0.137. The molecule has 0 aliphatic rings. The van der Waals surface area contributed by atoms with Crippen LogP contribution in [0.15, 0.2) is 48.5 Å². The lowest BCUT2D eigenvalue weighted by Gasteiger charge is -2.13. The molecule has 0 saturated carbocycles. The van der Waals surface area contributed by atoms with Gasteiger partial charge in [-0.3, -0.25) is 14.9 Å². The molecule has 2 amide bonds. The first kappa shape index (κ1) is 20.8. The average molecular weight is 389 g/mol. The molecular weight excluding hydrogens is 369 g/mol. The van der Waals surface area contributed by atoms with Gasteiger partial charge in [0.2, 0.25) is 5.91 Å². The second-order valence-corrected chi connectivity index (χ2v) is 5.88. The van der Waals surface area contributed by atoms with Gasteiger partial charge in [0.15, 0.2) is 0 Å². The summed E-state index contributed by atoms with van der Waals surface area (Å²) in [7, 11) is 0. The molecule has 8 nitrogen and oxygen atoms in total. The quantitative estimate of drug-likeness (QED) is 0.548. The minimum Gasteiger partial charge on any atom is -0.481 e. The second kappa shape index (κ2) is 10.0. The van der Waals surface area contributed by atoms with Crippen LogP contribution >= 0.6 is 0 Å². The van der Waals surface area contributed by atoms with E-state index in [1.165, 1.54) is 12.1 Å². The predicted octanol–water partition coefficient (Wildman–Crippen LogP) is 2.36. The fraction of sp³-hybridized carbons (Fsp3) is 0.211. The van der Waals surface area contributed by atoms with E-state index < -0.39 is 29.8 Å². The number of halogens is 1. The first-order valence-corrected chi connectivity index (χ1v) is 8.40. The van der Waals surface area contributed by atoms with Crippen molar-refractivity contribution in [2.75, 3.05) is 17.2 Å². The smallest absolute Gasteiger partial charge is 0.411 e. The van der Waals surface area contributed by atoms with Gasteiger partial charge in [-0.2, -0.15) is 0 Å². The number of hydrogen-bond acceptors (Lipinski definition) is 5. The molecule has 28 heavy (non-hydrogen) atoms. The van der Waals surface area contributed by atoms with Crippen LogP contribution in [0.1, 0.15) is 12.0 Å². The Kier molecular flexibility index (Phi) is 7.46. The molecule has 0 aromatic heterocycles. The monoisotopic (exact) mass is 389 g/mol. The third kappa shape index (κ3) is 6.69. The highest BCUT2D eigenvalue weighted by atomic mass is 19.1. The maximum absolute atomic E-state index is 14.1. The number of carboxylic acids is 1. The third-order valence-electron chi connectivity index (χ3n) is 3.66. The number of carboxylic acid groups (broad SMARTS) is 1. The van der Waals surface area contributed by atoms with Crippen LogP contribution in [0.4, 0.5) is 20.6 Å². The number of nitrogens with one attached hydrogen (secondary N) is 2. The molecule has 0 radical (unpaired) electrons. The van der Waals surface area contributed by atoms with Crippen LogP contribution in [0.5, 0.6) is 0 Å². The Balaban J connectivity index is 1.89. The average Bonchev–Trinajstić information content (AvgIpc) is 2.64. The van der Waals surface area contributed by atoms with Crippen LogP contribution in [-0.2, 0) is 20.7 Å². The van der Waals surface area contributed by atoms with Crippen LogP contribution < -0.4 is 16.4 Å². The fourth-order valence-corrected chi connectivity index (χ4v) is 2.27. The molecule has 0 fully saturated rings. The van der Waals surface area contributed by atoms with E-state index in [0.717, 1.165) is 11.6 Å². The van der Waals surface area contributed by atoms with Gasteiger partial charge in [0.1, 0.15) is 12.4 Å². The molecule has 148 valence electrons. The van der Waals surface area contributed by atoms with E-state index in [1.54, 1.807) is 0 Å². The molecule has 9 heteroatoms. The van der Waals surface area contributed by atoms with Gasteiger partial charge in [-0.25, -0.2) is 9.18 Å². The van der Waals surface area contributed by atoms with Crippen molar-refractivity contribution in [2.45, 2.75) is 18.9 Å². The van der Waals surface area contributed by atoms with Gasteiger partial charge in [0.05, 0.1) is 18.2 Å². The minimum atomic E-state index is -1.12. The van der Waals surface area contributed by atoms with Crippen LogP contribution in [0.3, 0.4) is 0 Å². The highest BCUT2D eigenvalue weighted by Crippen LogP contribution is 2.19. The molecular formula is C19H20FN3O5. The number of aliphatic carboxylic acids is 1. The Morgan fingerprint density at radius 1 is 1.11 bits per heavy atom. The van der Waals surface area contributed by atoms with E-state index in [9.17, 15) is 18.8 Å². The summed E-state index contributed by atoms with van der Waals surface area (Å²) in [6.07, 6.45) is -1.01. The third-order valence-corrected chi connectivity index (χ3v) is 3.66. The molecule has 0 bridgehead atoms. The van der Waals surface area contributed by atoms with Crippen molar-refractivity contribution < 1.29 is 28.6 Å². The summed E-state index contributed by atoms with van der Waals surface area (Å²) in [6.45, 7) is -0.337. The summed E-state index contributed by atoms with van der Waals surface area (Å²) < 4.78 is 18.7. The molecule has 0 aliphatic carbocycles. The largest absolute Gasteiger partial charge is 0.481 e. The van der Waals surface area contributed by atoms with Crippen molar-refractivity contribution in [3.8, 4) is 0 Å². The molecule has 0 heterocycles. The number of ether oxygens (including phenoxy) is 1. The van der Waals surface area contributed by atoms with E-state index >= 15 is 0 Å². The Hall–Kier alpha value is -3.46. The normalized spacial score (nSPS) is 11.4. The summed E-state index contributed by atoms with van der Waals surface area (Å²) in [4.78, 5) is 34.0. The molecule has 0 spiro atoms. The number of carbonyl (C=O) groups excluding carboxylic acids is 2. The molecule has 5 N–H and O–H groups in total. The standard InChI is InChI=1S/C19H20FN3O5/c20-14-11-13(6-7-16(14)23-19(27)28-9-8-17(24)25)22-18(26)15(21)10-12-4-2-1-3-5-12/h1-7,11,15H,8-10,21H2,(H,22,26)(H,23,27)(H,24,25). The maximum atomic E-state index is 14.1. The fourth-order valence-electron chi connectivity index (χ4n) is 2.27. The Bertz CT molecular complexity index is 845. The van der Waals surface area contributed by atoms with E-state index in [-0.39, 0.29) is 24.4 Å². The Morgan fingerprint density at radius 3 is 2.46 bits per heavy atom. The SMILES string of the molecule is NC(Cc1ccccc1)C(=O)Nc1ccc(NC(=O)OCCC(=O)O)c(F)c1. The highest BCUT2D eigenvalue weighted by Gasteiger charge is 2.16. The van der Waals surface area contributed by atoms with E-state index in [1.807, 2.05) is 30.3 Å². The van der Waals surface area contributed by atoms with Crippen molar-refractivity contribution in [2.24, 2.45) is 5.73 Å². The van der Waals surface area contributed by atoms with Gasteiger partial charge >= 0.3 is 12.1 Å². The van der Waals surface area contributed by atoms with E-state index in [4.69, 9.17) is 10.8 Å². The zero-order valence-electron chi connectivity index (χ0n) is 14.9. The van der Waals surface area contributed by atoms with Crippen LogP contribution in [0.2, 0.25) is 0 Å². The number of amides is 2. The zero-order valence-corrected chi connectivity index (χ0v) is 14.9. The number of carbonyl (C=O) groups is 3. The zero-order chi connectivity index (χ0) is 20.5. The van der Waals surface area contributed by atoms with Crippen LogP contribution in [0, 0.1) is 5.82 Å². The highest BCUT2D eigenvalue weighted by molar-refractivity contribution is 5.95. The molecule has 0 saturated heterocycles. The first-order chi connectivity index (χ1) is 13.3. The van der Waals surface area contributed by atoms with Gasteiger partial charge < -0.3 is 20.9 Å². The van der Waals surface area contributed by atoms with E-state index in [0.29, 0.717) is 6.42 Å². The molecule has 0 aliphatic heterocycles. The summed E-state index contributed by atoms with van der Waals surface area (Å²) in [5.41, 5.74) is 6.78. The van der Waals surface area contributed by atoms with E-state index in [2.05, 4.69) is 15.4 Å². The van der Waals surface area contributed by atoms with Crippen molar-refractivity contribution in [1.29, 1.82) is 0 Å². The molecule has 2 rings (SSSR count). The summed E-state index contributed by atoms with van der Waals surface area (Å²) in [5.74, 6) is -2.40. The van der Waals surface area contributed by atoms with Crippen molar-refractivity contribution in [3.63, 3.8) is 0 Å². The number of rotatable bonds is 8. The summed E-state index contributed by atoms with van der Waals surface area (Å²) >= 11 is 0.